The summed E-state index contributed by atoms with van der Waals surface area (Å²) < 4.78 is 5.81. The van der Waals surface area contributed by atoms with Gasteiger partial charge in [-0.05, 0) is 31.7 Å². The monoisotopic (exact) mass is 241 g/mol. The smallest absolute Gasteiger partial charge is 0.119 e. The molecule has 0 saturated carbocycles. The third-order valence-corrected chi connectivity index (χ3v) is 2.99. The number of hydrogen-bond acceptors (Lipinski definition) is 2. The van der Waals surface area contributed by atoms with Crippen molar-refractivity contribution in [2.75, 3.05) is 13.7 Å². The zero-order valence-electron chi connectivity index (χ0n) is 10.9. The van der Waals surface area contributed by atoms with E-state index in [0.29, 0.717) is 6.61 Å². The van der Waals surface area contributed by atoms with Gasteiger partial charge in [0.15, 0.2) is 0 Å². The highest BCUT2D eigenvalue weighted by Gasteiger charge is 2.09. The quantitative estimate of drug-likeness (QED) is 0.867. The van der Waals surface area contributed by atoms with E-state index in [1.807, 2.05) is 37.4 Å². The molecular weight excluding hydrogens is 222 g/mol. The Morgan fingerprint density at radius 1 is 1.00 bits per heavy atom. The Balaban J connectivity index is 1.97. The van der Waals surface area contributed by atoms with E-state index in [2.05, 4.69) is 36.5 Å². The molecule has 2 heteroatoms. The molecule has 0 radical (unpaired) electrons. The van der Waals surface area contributed by atoms with Crippen molar-refractivity contribution < 1.29 is 4.74 Å². The Labute approximate surface area is 109 Å². The van der Waals surface area contributed by atoms with Gasteiger partial charge < -0.3 is 10.1 Å². The average Bonchev–Trinajstić information content (AvgIpc) is 2.43. The maximum absolute atomic E-state index is 5.81. The molecule has 0 spiro atoms. The van der Waals surface area contributed by atoms with Crippen molar-refractivity contribution in [3.63, 3.8) is 0 Å². The second kappa shape index (κ2) is 6.22. The summed E-state index contributed by atoms with van der Waals surface area (Å²) in [5.41, 5.74) is 2.49. The third kappa shape index (κ3) is 3.34. The highest BCUT2D eigenvalue weighted by atomic mass is 16.5. The molecule has 0 aliphatic carbocycles. The molecule has 0 aromatic heterocycles. The predicted octanol–water partition coefficient (Wildman–Crippen LogP) is 3.33. The van der Waals surface area contributed by atoms with Crippen molar-refractivity contribution in [2.45, 2.75) is 13.0 Å². The lowest BCUT2D eigenvalue weighted by Crippen LogP contribution is -2.23. The zero-order chi connectivity index (χ0) is 12.8. The Kier molecular flexibility index (Phi) is 4.37. The van der Waals surface area contributed by atoms with Gasteiger partial charge in [-0.1, -0.05) is 48.0 Å². The molecule has 1 N–H and O–H groups in total. The summed E-state index contributed by atoms with van der Waals surface area (Å²) in [6.07, 6.45) is 0. The van der Waals surface area contributed by atoms with Gasteiger partial charge in [0.2, 0.25) is 0 Å². The predicted molar refractivity (Wildman–Crippen MR) is 74.9 cm³/mol. The molecule has 0 aliphatic heterocycles. The van der Waals surface area contributed by atoms with E-state index in [9.17, 15) is 0 Å². The Bertz CT molecular complexity index is 464. The van der Waals surface area contributed by atoms with Crippen LogP contribution in [0.15, 0.2) is 54.6 Å². The molecule has 0 bridgehead atoms. The van der Waals surface area contributed by atoms with Crippen molar-refractivity contribution in [3.05, 3.63) is 65.7 Å². The van der Waals surface area contributed by atoms with Crippen molar-refractivity contribution in [1.29, 1.82) is 0 Å². The van der Waals surface area contributed by atoms with Crippen LogP contribution in [0.1, 0.15) is 17.2 Å². The van der Waals surface area contributed by atoms with Gasteiger partial charge in [-0.2, -0.15) is 0 Å². The molecule has 94 valence electrons. The van der Waals surface area contributed by atoms with Crippen molar-refractivity contribution in [2.24, 2.45) is 0 Å². The van der Waals surface area contributed by atoms with E-state index >= 15 is 0 Å². The fraction of sp³-hybridized carbons (Fsp3) is 0.250. The van der Waals surface area contributed by atoms with Crippen LogP contribution in [0, 0.1) is 6.92 Å². The first-order valence-corrected chi connectivity index (χ1v) is 6.21. The first kappa shape index (κ1) is 12.7. The Hall–Kier alpha value is -1.80. The van der Waals surface area contributed by atoms with E-state index in [1.54, 1.807) is 0 Å². The molecule has 0 aliphatic rings. The number of hydrogen-bond donors (Lipinski definition) is 1. The highest BCUT2D eigenvalue weighted by molar-refractivity contribution is 5.26. The summed E-state index contributed by atoms with van der Waals surface area (Å²) in [6.45, 7) is 2.70. The summed E-state index contributed by atoms with van der Waals surface area (Å²) >= 11 is 0. The molecule has 0 fully saturated rings. The zero-order valence-corrected chi connectivity index (χ0v) is 10.9. The minimum Gasteiger partial charge on any atom is -0.492 e. The standard InChI is InChI=1S/C16H19NO/c1-13-8-10-15(11-9-13)18-12-16(17-2)14-6-4-3-5-7-14/h3-11,16-17H,12H2,1-2H3. The van der Waals surface area contributed by atoms with Gasteiger partial charge in [-0.3, -0.25) is 0 Å². The van der Waals surface area contributed by atoms with Crippen LogP contribution < -0.4 is 10.1 Å². The first-order chi connectivity index (χ1) is 8.79. The van der Waals surface area contributed by atoms with E-state index in [4.69, 9.17) is 4.74 Å². The number of aryl methyl sites for hydroxylation is 1. The Morgan fingerprint density at radius 2 is 1.67 bits per heavy atom. The summed E-state index contributed by atoms with van der Waals surface area (Å²) in [7, 11) is 1.95. The molecule has 2 nitrogen and oxygen atoms in total. The molecule has 0 saturated heterocycles. The minimum absolute atomic E-state index is 0.215. The van der Waals surface area contributed by atoms with Crippen molar-refractivity contribution >= 4 is 0 Å². The van der Waals surface area contributed by atoms with Gasteiger partial charge >= 0.3 is 0 Å². The topological polar surface area (TPSA) is 21.3 Å². The lowest BCUT2D eigenvalue weighted by atomic mass is 10.1. The van der Waals surface area contributed by atoms with Crippen LogP contribution >= 0.6 is 0 Å². The van der Waals surface area contributed by atoms with E-state index in [-0.39, 0.29) is 6.04 Å². The minimum atomic E-state index is 0.215. The molecule has 2 aromatic rings. The summed E-state index contributed by atoms with van der Waals surface area (Å²) in [5, 5.41) is 3.27. The summed E-state index contributed by atoms with van der Waals surface area (Å²) in [4.78, 5) is 0. The van der Waals surface area contributed by atoms with Crippen LogP contribution in [0.25, 0.3) is 0 Å². The van der Waals surface area contributed by atoms with Crippen LogP contribution in [-0.4, -0.2) is 13.7 Å². The van der Waals surface area contributed by atoms with Gasteiger partial charge in [0.25, 0.3) is 0 Å². The fourth-order valence-corrected chi connectivity index (χ4v) is 1.85. The van der Waals surface area contributed by atoms with Crippen LogP contribution in [-0.2, 0) is 0 Å². The van der Waals surface area contributed by atoms with Crippen LogP contribution in [0.5, 0.6) is 5.75 Å². The second-order valence-electron chi connectivity index (χ2n) is 4.38. The largest absolute Gasteiger partial charge is 0.492 e. The van der Waals surface area contributed by atoms with E-state index in [0.717, 1.165) is 5.75 Å². The van der Waals surface area contributed by atoms with Crippen molar-refractivity contribution in [1.82, 2.24) is 5.32 Å². The molecule has 18 heavy (non-hydrogen) atoms. The maximum atomic E-state index is 5.81. The molecule has 0 amide bonds. The van der Waals surface area contributed by atoms with Crippen LogP contribution in [0.3, 0.4) is 0 Å². The number of nitrogens with one attached hydrogen (secondary N) is 1. The molecule has 1 unspecified atom stereocenters. The summed E-state index contributed by atoms with van der Waals surface area (Å²) in [6, 6.07) is 18.7. The molecule has 2 rings (SSSR count). The fourth-order valence-electron chi connectivity index (χ4n) is 1.85. The molecular formula is C16H19NO. The van der Waals surface area contributed by atoms with Crippen LogP contribution in [0.2, 0.25) is 0 Å². The molecule has 2 aromatic carbocycles. The second-order valence-corrected chi connectivity index (χ2v) is 4.38. The molecule has 0 heterocycles. The van der Waals surface area contributed by atoms with Crippen LogP contribution in [0.4, 0.5) is 0 Å². The van der Waals surface area contributed by atoms with Gasteiger partial charge in [0, 0.05) is 0 Å². The van der Waals surface area contributed by atoms with E-state index in [1.165, 1.54) is 11.1 Å². The number of rotatable bonds is 5. The summed E-state index contributed by atoms with van der Waals surface area (Å²) in [5.74, 6) is 0.914. The first-order valence-electron chi connectivity index (χ1n) is 6.21. The lowest BCUT2D eigenvalue weighted by molar-refractivity contribution is 0.273. The normalized spacial score (nSPS) is 12.1. The van der Waals surface area contributed by atoms with Crippen molar-refractivity contribution in [3.8, 4) is 5.75 Å². The number of likely N-dealkylation sites (N-methyl/N-ethyl adjacent to an activating group) is 1. The van der Waals surface area contributed by atoms with Gasteiger partial charge in [-0.25, -0.2) is 0 Å². The Morgan fingerprint density at radius 3 is 2.28 bits per heavy atom. The lowest BCUT2D eigenvalue weighted by Gasteiger charge is -2.17. The average molecular weight is 241 g/mol. The van der Waals surface area contributed by atoms with E-state index < -0.39 is 0 Å². The third-order valence-electron chi connectivity index (χ3n) is 2.99. The van der Waals surface area contributed by atoms with Gasteiger partial charge in [0.05, 0.1) is 6.04 Å². The highest BCUT2D eigenvalue weighted by Crippen LogP contribution is 2.16. The SMILES string of the molecule is CNC(COc1ccc(C)cc1)c1ccccc1. The van der Waals surface area contributed by atoms with Gasteiger partial charge in [0.1, 0.15) is 12.4 Å². The number of ether oxygens (including phenoxy) is 1. The molecule has 1 atom stereocenters. The van der Waals surface area contributed by atoms with Gasteiger partial charge in [-0.15, -0.1) is 0 Å². The maximum Gasteiger partial charge on any atom is 0.119 e. The number of benzene rings is 2.